The number of carbonyl (C=O) groups excluding carboxylic acids is 2. The summed E-state index contributed by atoms with van der Waals surface area (Å²) in [5.74, 6) is 0.713. The fourth-order valence-electron chi connectivity index (χ4n) is 3.64. The Morgan fingerprint density at radius 2 is 1.75 bits per heavy atom. The van der Waals surface area contributed by atoms with Gasteiger partial charge in [-0.3, -0.25) is 4.79 Å². The molecule has 3 aromatic carbocycles. The lowest BCUT2D eigenvalue weighted by atomic mass is 10.1. The highest BCUT2D eigenvalue weighted by molar-refractivity contribution is 5.94. The van der Waals surface area contributed by atoms with Crippen molar-refractivity contribution >= 4 is 17.6 Å². The number of nitrogens with zero attached hydrogens (tertiary/aromatic N) is 3. The van der Waals surface area contributed by atoms with Crippen LogP contribution in [0.5, 0.6) is 0 Å². The topological polar surface area (TPSA) is 100 Å². The second-order valence-corrected chi connectivity index (χ2v) is 8.68. The summed E-state index contributed by atoms with van der Waals surface area (Å²) in [6, 6.07) is 22.5. The van der Waals surface area contributed by atoms with Crippen LogP contribution in [0.15, 0.2) is 77.3 Å². The number of carbonyl (C=O) groups is 2. The van der Waals surface area contributed by atoms with Crippen molar-refractivity contribution in [3.05, 3.63) is 101 Å². The van der Waals surface area contributed by atoms with E-state index in [1.807, 2.05) is 62.4 Å². The number of amides is 3. The highest BCUT2D eigenvalue weighted by Gasteiger charge is 2.14. The number of rotatable bonds is 8. The van der Waals surface area contributed by atoms with Gasteiger partial charge in [0.2, 0.25) is 0 Å². The minimum Gasteiger partial charge on any atom is -0.348 e. The first-order chi connectivity index (χ1) is 17.4. The van der Waals surface area contributed by atoms with Crippen LogP contribution >= 0.6 is 0 Å². The molecular formula is C28H29N5O3. The second kappa shape index (κ2) is 11.3. The van der Waals surface area contributed by atoms with Gasteiger partial charge in [0.1, 0.15) is 0 Å². The summed E-state index contributed by atoms with van der Waals surface area (Å²) < 4.78 is 5.39. The number of aryl methyl sites for hydroxylation is 2. The summed E-state index contributed by atoms with van der Waals surface area (Å²) in [5.41, 5.74) is 5.25. The summed E-state index contributed by atoms with van der Waals surface area (Å²) in [6.07, 6.45) is 0.445. The Kier molecular flexibility index (Phi) is 7.75. The van der Waals surface area contributed by atoms with Crippen LogP contribution in [-0.2, 0) is 13.0 Å². The number of anilines is 1. The number of nitrogens with one attached hydrogen (secondary N) is 2. The van der Waals surface area contributed by atoms with Crippen LogP contribution in [0.25, 0.3) is 11.5 Å². The minimum absolute atomic E-state index is 0.152. The van der Waals surface area contributed by atoms with Gasteiger partial charge in [0, 0.05) is 43.4 Å². The molecule has 0 aliphatic carbocycles. The van der Waals surface area contributed by atoms with Crippen molar-refractivity contribution in [2.24, 2.45) is 0 Å². The van der Waals surface area contributed by atoms with E-state index in [2.05, 4.69) is 20.8 Å². The first-order valence-corrected chi connectivity index (χ1v) is 11.7. The first kappa shape index (κ1) is 24.7. The van der Waals surface area contributed by atoms with Crippen LogP contribution in [0.3, 0.4) is 0 Å². The van der Waals surface area contributed by atoms with E-state index in [0.29, 0.717) is 36.8 Å². The van der Waals surface area contributed by atoms with Crippen molar-refractivity contribution in [3.8, 4) is 11.5 Å². The van der Waals surface area contributed by atoms with Gasteiger partial charge in [0.25, 0.3) is 11.8 Å². The Hall–Kier alpha value is -4.46. The fraction of sp³-hybridized carbons (Fsp3) is 0.214. The molecule has 8 nitrogen and oxygen atoms in total. The van der Waals surface area contributed by atoms with Gasteiger partial charge in [-0.05, 0) is 55.3 Å². The number of aromatic nitrogens is 2. The van der Waals surface area contributed by atoms with Crippen LogP contribution in [0.1, 0.15) is 32.9 Å². The van der Waals surface area contributed by atoms with Crippen molar-refractivity contribution in [1.29, 1.82) is 0 Å². The van der Waals surface area contributed by atoms with Gasteiger partial charge in [0.15, 0.2) is 5.82 Å². The normalized spacial score (nSPS) is 10.6. The Bertz CT molecular complexity index is 1350. The average Bonchev–Trinajstić information content (AvgIpc) is 3.36. The molecule has 0 saturated carbocycles. The Morgan fingerprint density at radius 1 is 0.972 bits per heavy atom. The van der Waals surface area contributed by atoms with E-state index < -0.39 is 0 Å². The molecule has 0 saturated heterocycles. The molecule has 0 unspecified atom stereocenters. The average molecular weight is 484 g/mol. The van der Waals surface area contributed by atoms with E-state index >= 15 is 0 Å². The van der Waals surface area contributed by atoms with E-state index in [4.69, 9.17) is 4.52 Å². The van der Waals surface area contributed by atoms with Crippen LogP contribution in [0.4, 0.5) is 10.5 Å². The van der Waals surface area contributed by atoms with E-state index in [9.17, 15) is 9.59 Å². The van der Waals surface area contributed by atoms with Gasteiger partial charge in [-0.15, -0.1) is 0 Å². The van der Waals surface area contributed by atoms with Gasteiger partial charge >= 0.3 is 6.03 Å². The summed E-state index contributed by atoms with van der Waals surface area (Å²) >= 11 is 0. The maximum Gasteiger partial charge on any atom is 0.321 e. The molecule has 0 aliphatic rings. The molecule has 36 heavy (non-hydrogen) atoms. The summed E-state index contributed by atoms with van der Waals surface area (Å²) in [7, 11) is 1.72. The van der Waals surface area contributed by atoms with Gasteiger partial charge in [-0.2, -0.15) is 4.98 Å². The molecule has 0 fully saturated rings. The molecule has 8 heteroatoms. The zero-order valence-electron chi connectivity index (χ0n) is 20.6. The fourth-order valence-corrected chi connectivity index (χ4v) is 3.64. The van der Waals surface area contributed by atoms with Crippen molar-refractivity contribution in [3.63, 3.8) is 0 Å². The highest BCUT2D eigenvalue weighted by Crippen LogP contribution is 2.18. The molecule has 0 radical (unpaired) electrons. The minimum atomic E-state index is -0.204. The summed E-state index contributed by atoms with van der Waals surface area (Å²) in [6.45, 7) is 4.86. The predicted octanol–water partition coefficient (Wildman–Crippen LogP) is 4.99. The van der Waals surface area contributed by atoms with Crippen molar-refractivity contribution in [2.75, 3.05) is 18.9 Å². The summed E-state index contributed by atoms with van der Waals surface area (Å²) in [5, 5.41) is 9.86. The Labute approximate surface area is 210 Å². The lowest BCUT2D eigenvalue weighted by Crippen LogP contribution is -2.33. The molecule has 0 spiro atoms. The summed E-state index contributed by atoms with van der Waals surface area (Å²) in [4.78, 5) is 31.0. The third-order valence-corrected chi connectivity index (χ3v) is 5.80. The van der Waals surface area contributed by atoms with E-state index in [-0.39, 0.29) is 11.9 Å². The maximum absolute atomic E-state index is 12.5. The SMILES string of the molecule is Cc1cccc(CNC(=O)c2ccc(-c3nc(CCN(C)C(=O)Nc4ccccc4C)no3)cc2)c1. The number of likely N-dealkylation sites (N-methyl/N-ethyl adjacent to an activating group) is 1. The first-order valence-electron chi connectivity index (χ1n) is 11.7. The van der Waals surface area contributed by atoms with Gasteiger partial charge in [-0.25, -0.2) is 4.79 Å². The van der Waals surface area contributed by atoms with Crippen molar-refractivity contribution in [1.82, 2.24) is 20.4 Å². The molecule has 1 aromatic heterocycles. The van der Waals surface area contributed by atoms with Gasteiger partial charge < -0.3 is 20.1 Å². The third-order valence-electron chi connectivity index (χ3n) is 5.80. The van der Waals surface area contributed by atoms with Crippen LogP contribution in [-0.4, -0.2) is 40.6 Å². The van der Waals surface area contributed by atoms with Crippen LogP contribution in [0.2, 0.25) is 0 Å². The monoisotopic (exact) mass is 483 g/mol. The van der Waals surface area contributed by atoms with Gasteiger partial charge in [0.05, 0.1) is 0 Å². The molecule has 0 aliphatic heterocycles. The standard InChI is InChI=1S/C28H29N5O3/c1-19-7-6-9-21(17-19)18-29-26(34)22-11-13-23(14-12-22)27-31-25(32-36-27)15-16-33(3)28(35)30-24-10-5-4-8-20(24)2/h4-14,17H,15-16,18H2,1-3H3,(H,29,34)(H,30,35). The maximum atomic E-state index is 12.5. The van der Waals surface area contributed by atoms with Crippen LogP contribution in [0, 0.1) is 13.8 Å². The molecule has 184 valence electrons. The molecule has 2 N–H and O–H groups in total. The predicted molar refractivity (Wildman–Crippen MR) is 139 cm³/mol. The molecule has 4 rings (SSSR count). The molecule has 1 heterocycles. The largest absolute Gasteiger partial charge is 0.348 e. The lowest BCUT2D eigenvalue weighted by Gasteiger charge is -2.18. The van der Waals surface area contributed by atoms with E-state index in [0.717, 1.165) is 27.9 Å². The molecule has 0 atom stereocenters. The van der Waals surface area contributed by atoms with E-state index in [1.54, 1.807) is 36.2 Å². The number of para-hydroxylation sites is 1. The second-order valence-electron chi connectivity index (χ2n) is 8.68. The smallest absolute Gasteiger partial charge is 0.321 e. The number of urea groups is 1. The Morgan fingerprint density at radius 3 is 2.50 bits per heavy atom. The zero-order chi connectivity index (χ0) is 25.5. The van der Waals surface area contributed by atoms with Gasteiger partial charge in [-0.1, -0.05) is 53.2 Å². The van der Waals surface area contributed by atoms with Crippen LogP contribution < -0.4 is 10.6 Å². The number of benzene rings is 3. The molecule has 3 amide bonds. The van der Waals surface area contributed by atoms with Crippen molar-refractivity contribution < 1.29 is 14.1 Å². The highest BCUT2D eigenvalue weighted by atomic mass is 16.5. The number of hydrogen-bond acceptors (Lipinski definition) is 5. The number of hydrogen-bond donors (Lipinski definition) is 2. The molecule has 4 aromatic rings. The Balaban J connectivity index is 1.29. The quantitative estimate of drug-likeness (QED) is 0.368. The molecule has 0 bridgehead atoms. The molecular weight excluding hydrogens is 454 g/mol. The zero-order valence-corrected chi connectivity index (χ0v) is 20.6. The third kappa shape index (κ3) is 6.35. The lowest BCUT2D eigenvalue weighted by molar-refractivity contribution is 0.0951. The van der Waals surface area contributed by atoms with E-state index in [1.165, 1.54) is 0 Å². The van der Waals surface area contributed by atoms with Crippen molar-refractivity contribution in [2.45, 2.75) is 26.8 Å².